The SMILES string of the molecule is CC(C)C(=O)c1ccc(OCc2ccc(CN)cc2Cl)c(C(F)(F)F)c1O. The molecule has 0 aromatic heterocycles. The third-order valence-corrected chi connectivity index (χ3v) is 4.30. The summed E-state index contributed by atoms with van der Waals surface area (Å²) in [6, 6.07) is 7.06. The number of hydrogen-bond donors (Lipinski definition) is 2. The Hall–Kier alpha value is -2.25. The molecule has 4 nitrogen and oxygen atoms in total. The van der Waals surface area contributed by atoms with Crippen LogP contribution in [0.15, 0.2) is 30.3 Å². The molecule has 146 valence electrons. The highest BCUT2D eigenvalue weighted by molar-refractivity contribution is 6.31. The molecule has 0 aliphatic rings. The second kappa shape index (κ2) is 8.19. The van der Waals surface area contributed by atoms with E-state index in [2.05, 4.69) is 0 Å². The fourth-order valence-electron chi connectivity index (χ4n) is 2.47. The lowest BCUT2D eigenvalue weighted by atomic mass is 9.97. The minimum atomic E-state index is -4.90. The van der Waals surface area contributed by atoms with Crippen LogP contribution in [0.1, 0.15) is 40.9 Å². The van der Waals surface area contributed by atoms with Gasteiger partial charge in [-0.3, -0.25) is 4.79 Å². The van der Waals surface area contributed by atoms with Crippen molar-refractivity contribution < 1.29 is 27.8 Å². The number of rotatable bonds is 6. The van der Waals surface area contributed by atoms with Gasteiger partial charge in [0.05, 0.1) is 5.56 Å². The van der Waals surface area contributed by atoms with Crippen molar-refractivity contribution in [2.75, 3.05) is 0 Å². The predicted octanol–water partition coefficient (Wildman–Crippen LogP) is 4.94. The van der Waals surface area contributed by atoms with Crippen LogP contribution in [0.4, 0.5) is 13.2 Å². The van der Waals surface area contributed by atoms with Gasteiger partial charge in [-0.2, -0.15) is 13.2 Å². The summed E-state index contributed by atoms with van der Waals surface area (Å²) >= 11 is 6.09. The van der Waals surface area contributed by atoms with Crippen molar-refractivity contribution in [1.29, 1.82) is 0 Å². The summed E-state index contributed by atoms with van der Waals surface area (Å²) in [7, 11) is 0. The minimum absolute atomic E-state index is 0.246. The number of ether oxygens (including phenoxy) is 1. The number of phenolic OH excluding ortho intramolecular Hbond substituents is 1. The molecule has 0 spiro atoms. The van der Waals surface area contributed by atoms with Crippen molar-refractivity contribution in [3.8, 4) is 11.5 Å². The topological polar surface area (TPSA) is 72.5 Å². The highest BCUT2D eigenvalue weighted by Gasteiger charge is 2.39. The van der Waals surface area contributed by atoms with Crippen LogP contribution in [0.5, 0.6) is 11.5 Å². The van der Waals surface area contributed by atoms with Crippen LogP contribution in [0.2, 0.25) is 5.02 Å². The quantitative estimate of drug-likeness (QED) is 0.672. The Morgan fingerprint density at radius 2 is 1.93 bits per heavy atom. The van der Waals surface area contributed by atoms with Crippen LogP contribution in [-0.2, 0) is 19.3 Å². The number of alkyl halides is 3. The zero-order valence-corrected chi connectivity index (χ0v) is 15.5. The number of Topliss-reactive ketones (excluding diaryl/α,β-unsaturated/α-hetero) is 1. The molecule has 0 atom stereocenters. The standard InChI is InChI=1S/C19H19ClF3NO3/c1-10(2)17(25)13-5-6-15(16(18(13)26)19(21,22)23)27-9-12-4-3-11(8-24)7-14(12)20/h3-7,10,26H,8-9,24H2,1-2H3. The number of carbonyl (C=O) groups is 1. The van der Waals surface area contributed by atoms with Gasteiger partial charge in [-0.1, -0.05) is 37.6 Å². The van der Waals surface area contributed by atoms with E-state index in [9.17, 15) is 23.1 Å². The molecule has 0 unspecified atom stereocenters. The highest BCUT2D eigenvalue weighted by atomic mass is 35.5. The number of carbonyl (C=O) groups excluding carboxylic acids is 1. The Morgan fingerprint density at radius 3 is 2.44 bits per heavy atom. The molecule has 0 radical (unpaired) electrons. The second-order valence-corrected chi connectivity index (χ2v) is 6.68. The number of halogens is 4. The fraction of sp³-hybridized carbons (Fsp3) is 0.316. The summed E-state index contributed by atoms with van der Waals surface area (Å²) in [6.07, 6.45) is -4.90. The van der Waals surface area contributed by atoms with Gasteiger partial charge < -0.3 is 15.6 Å². The Labute approximate surface area is 159 Å². The maximum absolute atomic E-state index is 13.5. The highest BCUT2D eigenvalue weighted by Crippen LogP contribution is 2.44. The van der Waals surface area contributed by atoms with E-state index in [0.717, 1.165) is 17.7 Å². The van der Waals surface area contributed by atoms with E-state index in [1.807, 2.05) is 0 Å². The molecule has 8 heteroatoms. The van der Waals surface area contributed by atoms with Gasteiger partial charge >= 0.3 is 6.18 Å². The molecule has 0 bridgehead atoms. The summed E-state index contributed by atoms with van der Waals surface area (Å²) in [5, 5.41) is 10.4. The van der Waals surface area contributed by atoms with Crippen LogP contribution < -0.4 is 10.5 Å². The second-order valence-electron chi connectivity index (χ2n) is 6.27. The monoisotopic (exact) mass is 401 g/mol. The van der Waals surface area contributed by atoms with Crippen molar-refractivity contribution in [3.05, 3.63) is 57.6 Å². The molecule has 2 aromatic carbocycles. The molecule has 0 fully saturated rings. The number of benzene rings is 2. The largest absolute Gasteiger partial charge is 0.506 e. The molecule has 3 N–H and O–H groups in total. The summed E-state index contributed by atoms with van der Waals surface area (Å²) in [4.78, 5) is 12.0. The molecule has 2 rings (SSSR count). The van der Waals surface area contributed by atoms with E-state index in [1.54, 1.807) is 18.2 Å². The maximum Gasteiger partial charge on any atom is 0.423 e. The Bertz CT molecular complexity index is 851. The summed E-state index contributed by atoms with van der Waals surface area (Å²) < 4.78 is 45.7. The molecule has 0 heterocycles. The van der Waals surface area contributed by atoms with Crippen molar-refractivity contribution in [2.45, 2.75) is 33.2 Å². The first kappa shape index (κ1) is 21.1. The van der Waals surface area contributed by atoms with Gasteiger partial charge in [0.25, 0.3) is 0 Å². The first-order chi connectivity index (χ1) is 12.6. The summed E-state index contributed by atoms with van der Waals surface area (Å²) in [5.74, 6) is -2.88. The Kier molecular flexibility index (Phi) is 6.38. The Morgan fingerprint density at radius 1 is 1.26 bits per heavy atom. The normalized spacial score (nSPS) is 11.7. The molecule has 27 heavy (non-hydrogen) atoms. The average molecular weight is 402 g/mol. The van der Waals surface area contributed by atoms with Crippen LogP contribution in [-0.4, -0.2) is 10.9 Å². The van der Waals surface area contributed by atoms with Gasteiger partial charge in [0.15, 0.2) is 5.78 Å². The van der Waals surface area contributed by atoms with Gasteiger partial charge in [0.1, 0.15) is 23.7 Å². The third kappa shape index (κ3) is 4.73. The fourth-order valence-corrected chi connectivity index (χ4v) is 2.72. The smallest absolute Gasteiger partial charge is 0.423 e. The number of aromatic hydroxyl groups is 1. The summed E-state index contributed by atoms with van der Waals surface area (Å²) in [5.41, 5.74) is 4.96. The molecule has 0 saturated heterocycles. The van der Waals surface area contributed by atoms with Gasteiger partial charge in [0, 0.05) is 23.0 Å². The van der Waals surface area contributed by atoms with E-state index in [0.29, 0.717) is 10.6 Å². The van der Waals surface area contributed by atoms with Gasteiger partial charge in [-0.15, -0.1) is 0 Å². The van der Waals surface area contributed by atoms with E-state index in [1.165, 1.54) is 13.8 Å². The number of phenols is 1. The lowest BCUT2D eigenvalue weighted by molar-refractivity contribution is -0.140. The lowest BCUT2D eigenvalue weighted by Crippen LogP contribution is -2.14. The molecular weight excluding hydrogens is 383 g/mol. The average Bonchev–Trinajstić information content (AvgIpc) is 2.58. The van der Waals surface area contributed by atoms with Crippen molar-refractivity contribution in [1.82, 2.24) is 0 Å². The van der Waals surface area contributed by atoms with E-state index in [-0.39, 0.29) is 13.2 Å². The molecule has 0 aliphatic heterocycles. The van der Waals surface area contributed by atoms with Crippen LogP contribution >= 0.6 is 11.6 Å². The number of nitrogens with two attached hydrogens (primary N) is 1. The van der Waals surface area contributed by atoms with Crippen LogP contribution in [0.3, 0.4) is 0 Å². The molecule has 2 aromatic rings. The molecule has 0 aliphatic carbocycles. The van der Waals surface area contributed by atoms with E-state index < -0.39 is 40.5 Å². The summed E-state index contributed by atoms with van der Waals surface area (Å²) in [6.45, 7) is 3.10. The Balaban J connectivity index is 2.39. The number of hydrogen-bond acceptors (Lipinski definition) is 4. The van der Waals surface area contributed by atoms with Gasteiger partial charge in [0.2, 0.25) is 0 Å². The first-order valence-electron chi connectivity index (χ1n) is 8.13. The van der Waals surface area contributed by atoms with E-state index in [4.69, 9.17) is 22.1 Å². The molecule has 0 saturated carbocycles. The minimum Gasteiger partial charge on any atom is -0.506 e. The molecular formula is C19H19ClF3NO3. The molecule has 0 amide bonds. The van der Waals surface area contributed by atoms with Gasteiger partial charge in [-0.25, -0.2) is 0 Å². The first-order valence-corrected chi connectivity index (χ1v) is 8.51. The zero-order valence-electron chi connectivity index (χ0n) is 14.7. The lowest BCUT2D eigenvalue weighted by Gasteiger charge is -2.18. The predicted molar refractivity (Wildman–Crippen MR) is 96.0 cm³/mol. The van der Waals surface area contributed by atoms with Gasteiger partial charge in [-0.05, 0) is 23.8 Å². The van der Waals surface area contributed by atoms with Crippen LogP contribution in [0, 0.1) is 5.92 Å². The zero-order chi connectivity index (χ0) is 20.4. The van der Waals surface area contributed by atoms with Crippen molar-refractivity contribution in [3.63, 3.8) is 0 Å². The maximum atomic E-state index is 13.5. The van der Waals surface area contributed by atoms with Crippen LogP contribution in [0.25, 0.3) is 0 Å². The van der Waals surface area contributed by atoms with E-state index >= 15 is 0 Å². The number of ketones is 1. The van der Waals surface area contributed by atoms with Crippen molar-refractivity contribution in [2.24, 2.45) is 11.7 Å². The third-order valence-electron chi connectivity index (χ3n) is 3.95. The van der Waals surface area contributed by atoms with Crippen molar-refractivity contribution >= 4 is 17.4 Å².